The van der Waals surface area contributed by atoms with E-state index >= 15 is 0 Å². The number of likely N-dealkylation sites (N-methyl/N-ethyl adjacent to an activating group) is 2. The maximum absolute atomic E-state index is 3.40. The van der Waals surface area contributed by atoms with Crippen molar-refractivity contribution in [1.82, 2.24) is 15.1 Å². The summed E-state index contributed by atoms with van der Waals surface area (Å²) in [6.07, 6.45) is 5.56. The summed E-state index contributed by atoms with van der Waals surface area (Å²) in [5.74, 6) is 0. The molecular weight excluding hydrogens is 186 g/mol. The second-order valence-electron chi connectivity index (χ2n) is 5.14. The van der Waals surface area contributed by atoms with Crippen molar-refractivity contribution in [3.05, 3.63) is 0 Å². The largest absolute Gasteiger partial charge is 0.316 e. The zero-order chi connectivity index (χ0) is 10.7. The van der Waals surface area contributed by atoms with Crippen LogP contribution in [0.15, 0.2) is 0 Å². The van der Waals surface area contributed by atoms with Crippen LogP contribution in [0.25, 0.3) is 0 Å². The monoisotopic (exact) mass is 211 g/mol. The number of likely N-dealkylation sites (tertiary alicyclic amines) is 1. The first kappa shape index (κ1) is 11.4. The zero-order valence-electron chi connectivity index (χ0n) is 10.2. The molecule has 1 aliphatic heterocycles. The number of piperidine rings is 1. The molecule has 0 aromatic rings. The lowest BCUT2D eigenvalue weighted by Crippen LogP contribution is -2.46. The Morgan fingerprint density at radius 2 is 2.13 bits per heavy atom. The van der Waals surface area contributed by atoms with Gasteiger partial charge < -0.3 is 15.1 Å². The Bertz CT molecular complexity index is 191. The quantitative estimate of drug-likeness (QED) is 0.724. The van der Waals surface area contributed by atoms with Gasteiger partial charge in [-0.1, -0.05) is 0 Å². The molecule has 1 aliphatic carbocycles. The summed E-state index contributed by atoms with van der Waals surface area (Å²) in [5, 5.41) is 3.40. The average molecular weight is 211 g/mol. The van der Waals surface area contributed by atoms with Crippen LogP contribution in [-0.4, -0.2) is 62.2 Å². The van der Waals surface area contributed by atoms with E-state index in [9.17, 15) is 0 Å². The van der Waals surface area contributed by atoms with Crippen LogP contribution in [0.5, 0.6) is 0 Å². The first-order valence-corrected chi connectivity index (χ1v) is 6.39. The number of nitrogens with one attached hydrogen (secondary N) is 1. The molecule has 15 heavy (non-hydrogen) atoms. The normalized spacial score (nSPS) is 28.6. The topological polar surface area (TPSA) is 18.5 Å². The molecule has 1 saturated heterocycles. The van der Waals surface area contributed by atoms with E-state index in [4.69, 9.17) is 0 Å². The predicted molar refractivity (Wildman–Crippen MR) is 64.2 cm³/mol. The van der Waals surface area contributed by atoms with Crippen molar-refractivity contribution in [1.29, 1.82) is 0 Å². The van der Waals surface area contributed by atoms with Crippen molar-refractivity contribution in [3.63, 3.8) is 0 Å². The average Bonchev–Trinajstić information content (AvgIpc) is 3.10. The Hall–Kier alpha value is -0.120. The van der Waals surface area contributed by atoms with Gasteiger partial charge in [-0.05, 0) is 46.3 Å². The molecule has 0 aromatic carbocycles. The minimum absolute atomic E-state index is 0.727. The number of hydrogen-bond donors (Lipinski definition) is 1. The van der Waals surface area contributed by atoms with Crippen LogP contribution in [0.4, 0.5) is 0 Å². The fraction of sp³-hybridized carbons (Fsp3) is 1.00. The van der Waals surface area contributed by atoms with Gasteiger partial charge in [0.15, 0.2) is 0 Å². The predicted octanol–water partition coefficient (Wildman–Crippen LogP) is 0.764. The molecule has 1 N–H and O–H groups in total. The van der Waals surface area contributed by atoms with Gasteiger partial charge in [0.05, 0.1) is 0 Å². The second kappa shape index (κ2) is 5.28. The highest BCUT2D eigenvalue weighted by Crippen LogP contribution is 2.25. The molecule has 88 valence electrons. The fourth-order valence-corrected chi connectivity index (χ4v) is 2.49. The van der Waals surface area contributed by atoms with E-state index in [0.717, 1.165) is 12.1 Å². The first-order chi connectivity index (χ1) is 7.29. The van der Waals surface area contributed by atoms with Crippen molar-refractivity contribution in [2.75, 3.05) is 40.3 Å². The van der Waals surface area contributed by atoms with E-state index in [1.165, 1.54) is 51.9 Å². The van der Waals surface area contributed by atoms with Crippen molar-refractivity contribution in [2.24, 2.45) is 0 Å². The van der Waals surface area contributed by atoms with Gasteiger partial charge in [0.25, 0.3) is 0 Å². The smallest absolute Gasteiger partial charge is 0.0192 e. The molecule has 0 aromatic heterocycles. The van der Waals surface area contributed by atoms with E-state index in [2.05, 4.69) is 29.2 Å². The van der Waals surface area contributed by atoms with E-state index in [0.29, 0.717) is 0 Å². The van der Waals surface area contributed by atoms with Crippen molar-refractivity contribution >= 4 is 0 Å². The Morgan fingerprint density at radius 3 is 2.80 bits per heavy atom. The molecule has 1 saturated carbocycles. The van der Waals surface area contributed by atoms with Crippen LogP contribution in [0.2, 0.25) is 0 Å². The fourth-order valence-electron chi connectivity index (χ4n) is 2.49. The van der Waals surface area contributed by atoms with Gasteiger partial charge in [0.2, 0.25) is 0 Å². The second-order valence-corrected chi connectivity index (χ2v) is 5.14. The standard InChI is InChI=1S/C12H25N3/c1-13-11-4-3-7-15(10-11)9-8-14(2)12-5-6-12/h11-13H,3-10H2,1-2H3. The van der Waals surface area contributed by atoms with Crippen molar-refractivity contribution in [2.45, 2.75) is 37.8 Å². The zero-order valence-corrected chi connectivity index (χ0v) is 10.2. The first-order valence-electron chi connectivity index (χ1n) is 6.39. The van der Waals surface area contributed by atoms with E-state index in [1.54, 1.807) is 0 Å². The third-order valence-electron chi connectivity index (χ3n) is 3.85. The SMILES string of the molecule is CNC1CCCN(CCN(C)C2CC2)C1. The molecule has 2 aliphatic rings. The summed E-state index contributed by atoms with van der Waals surface area (Å²) < 4.78 is 0. The van der Waals surface area contributed by atoms with Gasteiger partial charge in [-0.25, -0.2) is 0 Å². The highest BCUT2D eigenvalue weighted by Gasteiger charge is 2.26. The van der Waals surface area contributed by atoms with E-state index in [1.807, 2.05) is 0 Å². The lowest BCUT2D eigenvalue weighted by Gasteiger charge is -2.33. The van der Waals surface area contributed by atoms with Crippen molar-refractivity contribution in [3.8, 4) is 0 Å². The Kier molecular flexibility index (Phi) is 4.00. The number of rotatable bonds is 5. The minimum Gasteiger partial charge on any atom is -0.316 e. The van der Waals surface area contributed by atoms with Crippen molar-refractivity contribution < 1.29 is 0 Å². The summed E-state index contributed by atoms with van der Waals surface area (Å²) in [7, 11) is 4.36. The molecule has 1 unspecified atom stereocenters. The van der Waals surface area contributed by atoms with Crippen LogP contribution in [-0.2, 0) is 0 Å². The van der Waals surface area contributed by atoms with Gasteiger partial charge in [-0.2, -0.15) is 0 Å². The Morgan fingerprint density at radius 1 is 1.33 bits per heavy atom. The Balaban J connectivity index is 1.64. The summed E-state index contributed by atoms with van der Waals surface area (Å²) in [6.45, 7) is 5.05. The summed E-state index contributed by atoms with van der Waals surface area (Å²) >= 11 is 0. The van der Waals surface area contributed by atoms with E-state index in [-0.39, 0.29) is 0 Å². The molecule has 0 spiro atoms. The third-order valence-corrected chi connectivity index (χ3v) is 3.85. The third kappa shape index (κ3) is 3.44. The van der Waals surface area contributed by atoms with Crippen LogP contribution < -0.4 is 5.32 Å². The van der Waals surface area contributed by atoms with Gasteiger partial charge in [0.1, 0.15) is 0 Å². The highest BCUT2D eigenvalue weighted by molar-refractivity contribution is 4.83. The molecule has 3 heteroatoms. The molecular formula is C12H25N3. The van der Waals surface area contributed by atoms with E-state index < -0.39 is 0 Å². The summed E-state index contributed by atoms with van der Waals surface area (Å²) in [6, 6.07) is 1.64. The molecule has 0 amide bonds. The van der Waals surface area contributed by atoms with Gasteiger partial charge >= 0.3 is 0 Å². The van der Waals surface area contributed by atoms with Crippen LogP contribution >= 0.6 is 0 Å². The number of hydrogen-bond acceptors (Lipinski definition) is 3. The van der Waals surface area contributed by atoms with Gasteiger partial charge in [0, 0.05) is 31.7 Å². The van der Waals surface area contributed by atoms with Crippen LogP contribution in [0.3, 0.4) is 0 Å². The molecule has 2 rings (SSSR count). The molecule has 0 radical (unpaired) electrons. The van der Waals surface area contributed by atoms with Gasteiger partial charge in [-0.3, -0.25) is 0 Å². The highest BCUT2D eigenvalue weighted by atomic mass is 15.2. The molecule has 1 atom stereocenters. The number of nitrogens with zero attached hydrogens (tertiary/aromatic N) is 2. The van der Waals surface area contributed by atoms with Crippen LogP contribution in [0.1, 0.15) is 25.7 Å². The van der Waals surface area contributed by atoms with Crippen LogP contribution in [0, 0.1) is 0 Å². The summed E-state index contributed by atoms with van der Waals surface area (Å²) in [4.78, 5) is 5.15. The molecule has 0 bridgehead atoms. The Labute approximate surface area is 93.8 Å². The lowest BCUT2D eigenvalue weighted by atomic mass is 10.1. The summed E-state index contributed by atoms with van der Waals surface area (Å²) in [5.41, 5.74) is 0. The molecule has 2 fully saturated rings. The minimum atomic E-state index is 0.727. The maximum atomic E-state index is 3.40. The molecule has 3 nitrogen and oxygen atoms in total. The van der Waals surface area contributed by atoms with Gasteiger partial charge in [-0.15, -0.1) is 0 Å². The lowest BCUT2D eigenvalue weighted by molar-refractivity contribution is 0.170. The maximum Gasteiger partial charge on any atom is 0.0192 e. The molecule has 1 heterocycles.